The van der Waals surface area contributed by atoms with Gasteiger partial charge in [0.05, 0.1) is 24.7 Å². The molecule has 3 N–H and O–H groups in total. The first-order valence-corrected chi connectivity index (χ1v) is 13.7. The van der Waals surface area contributed by atoms with Crippen molar-refractivity contribution >= 4 is 11.8 Å². The Kier molecular flexibility index (Phi) is 12.5. The third-order valence-electron chi connectivity index (χ3n) is 8.25. The molecule has 0 unspecified atom stereocenters. The van der Waals surface area contributed by atoms with E-state index in [2.05, 4.69) is 24.1 Å². The van der Waals surface area contributed by atoms with Gasteiger partial charge in [0.15, 0.2) is 0 Å². The van der Waals surface area contributed by atoms with Crippen LogP contribution in [0.4, 0.5) is 0 Å². The average molecular weight is 520 g/mol. The lowest BCUT2D eigenvalue weighted by Crippen LogP contribution is -2.51. The lowest BCUT2D eigenvalue weighted by atomic mass is 9.85. The number of carbonyl (C=O) groups excluding carboxylic acids is 2. The quantitative estimate of drug-likeness (QED) is 0.349. The number of ether oxygens (including phenoxy) is 1. The highest BCUT2D eigenvalue weighted by Crippen LogP contribution is 2.31. The summed E-state index contributed by atoms with van der Waals surface area (Å²) in [6.45, 7) is 8.30. The Hall–Kier alpha value is -2.00. The van der Waals surface area contributed by atoms with E-state index in [0.717, 1.165) is 24.8 Å². The van der Waals surface area contributed by atoms with Crippen molar-refractivity contribution in [1.82, 2.24) is 15.1 Å². The molecule has 8 heteroatoms. The Morgan fingerprint density at radius 1 is 1.19 bits per heavy atom. The first-order chi connectivity index (χ1) is 17.6. The van der Waals surface area contributed by atoms with Gasteiger partial charge in [0, 0.05) is 44.2 Å². The van der Waals surface area contributed by atoms with Crippen molar-refractivity contribution in [3.8, 4) is 0 Å². The highest BCUT2D eigenvalue weighted by atomic mass is 16.5. The summed E-state index contributed by atoms with van der Waals surface area (Å²) in [7, 11) is 5.69. The monoisotopic (exact) mass is 519 g/mol. The summed E-state index contributed by atoms with van der Waals surface area (Å²) in [6, 6.07) is 8.62. The van der Waals surface area contributed by atoms with Gasteiger partial charge in [-0.2, -0.15) is 0 Å². The zero-order chi connectivity index (χ0) is 27.7. The largest absolute Gasteiger partial charge is 0.396 e. The molecule has 1 aromatic carbocycles. The van der Waals surface area contributed by atoms with Crippen LogP contribution < -0.4 is 5.32 Å². The van der Waals surface area contributed by atoms with E-state index in [9.17, 15) is 19.8 Å². The lowest BCUT2D eigenvalue weighted by molar-refractivity contribution is -0.140. The molecule has 0 aromatic heterocycles. The minimum Gasteiger partial charge on any atom is -0.396 e. The molecule has 1 fully saturated rings. The van der Waals surface area contributed by atoms with Crippen LogP contribution in [0.15, 0.2) is 30.3 Å². The Morgan fingerprint density at radius 3 is 2.38 bits per heavy atom. The molecule has 0 saturated carbocycles. The maximum Gasteiger partial charge on any atom is 0.225 e. The van der Waals surface area contributed by atoms with Crippen molar-refractivity contribution in [2.45, 2.75) is 83.7 Å². The van der Waals surface area contributed by atoms with Gasteiger partial charge in [-0.15, -0.1) is 0 Å². The van der Waals surface area contributed by atoms with E-state index in [1.54, 1.807) is 21.0 Å². The normalized spacial score (nSPS) is 21.7. The number of benzene rings is 1. The molecule has 0 aliphatic carbocycles. The third-order valence-corrected chi connectivity index (χ3v) is 8.25. The molecule has 1 aliphatic heterocycles. The number of carbonyl (C=O) groups is 2. The van der Waals surface area contributed by atoms with Crippen LogP contribution in [0.5, 0.6) is 0 Å². The van der Waals surface area contributed by atoms with Crippen molar-refractivity contribution in [3.05, 3.63) is 35.9 Å². The molecule has 0 spiro atoms. The van der Waals surface area contributed by atoms with Crippen LogP contribution in [0, 0.1) is 17.8 Å². The molecule has 1 saturated heterocycles. The highest BCUT2D eigenvalue weighted by molar-refractivity contribution is 5.80. The summed E-state index contributed by atoms with van der Waals surface area (Å²) < 4.78 is 5.81. The van der Waals surface area contributed by atoms with Crippen molar-refractivity contribution in [3.63, 3.8) is 0 Å². The molecule has 1 heterocycles. The number of nitrogens with zero attached hydrogens (tertiary/aromatic N) is 2. The molecular formula is C29H49N3O5. The van der Waals surface area contributed by atoms with Gasteiger partial charge >= 0.3 is 0 Å². The van der Waals surface area contributed by atoms with Crippen LogP contribution >= 0.6 is 0 Å². The molecule has 2 rings (SSSR count). The zero-order valence-corrected chi connectivity index (χ0v) is 23.8. The second-order valence-electron chi connectivity index (χ2n) is 10.9. The highest BCUT2D eigenvalue weighted by Gasteiger charge is 2.41. The summed E-state index contributed by atoms with van der Waals surface area (Å²) in [5, 5.41) is 23.9. The van der Waals surface area contributed by atoms with Gasteiger partial charge in [0.1, 0.15) is 0 Å². The van der Waals surface area contributed by atoms with Gasteiger partial charge in [-0.1, -0.05) is 57.5 Å². The predicted molar refractivity (Wildman–Crippen MR) is 146 cm³/mol. The number of rotatable bonds is 14. The topological polar surface area (TPSA) is 102 Å². The number of likely N-dealkylation sites (tertiary alicyclic amines) is 1. The number of amides is 2. The maximum atomic E-state index is 13.5. The number of aliphatic hydroxyl groups is 2. The van der Waals surface area contributed by atoms with Crippen molar-refractivity contribution in [1.29, 1.82) is 0 Å². The van der Waals surface area contributed by atoms with E-state index in [1.807, 2.05) is 49.3 Å². The molecule has 37 heavy (non-hydrogen) atoms. The van der Waals surface area contributed by atoms with Crippen LogP contribution in [0.2, 0.25) is 0 Å². The second-order valence-corrected chi connectivity index (χ2v) is 10.9. The van der Waals surface area contributed by atoms with Gasteiger partial charge < -0.3 is 30.1 Å². The molecular weight excluding hydrogens is 470 g/mol. The Balaban J connectivity index is 2.09. The summed E-state index contributed by atoms with van der Waals surface area (Å²) in [5.41, 5.74) is 0.732. The van der Waals surface area contributed by atoms with E-state index in [-0.39, 0.29) is 43.0 Å². The van der Waals surface area contributed by atoms with E-state index < -0.39 is 24.0 Å². The molecule has 1 aliphatic rings. The van der Waals surface area contributed by atoms with Crippen molar-refractivity contribution in [2.75, 3.05) is 34.4 Å². The smallest absolute Gasteiger partial charge is 0.225 e. The number of aliphatic hydroxyl groups excluding tert-OH is 2. The SMILES string of the molecule is CC[C@H](C)[C@@H]([C@@H](CC(=O)N1CCC[C@H]1[C@H](CO)[C@@H](C)C(=O)N[C@H](C)[C@@H](O)c1ccccc1)OC)N(C)C. The molecule has 210 valence electrons. The second kappa shape index (κ2) is 14.8. The summed E-state index contributed by atoms with van der Waals surface area (Å²) in [5.74, 6) is -0.790. The Bertz CT molecular complexity index is 836. The van der Waals surface area contributed by atoms with Crippen molar-refractivity contribution in [2.24, 2.45) is 17.8 Å². The van der Waals surface area contributed by atoms with Crippen LogP contribution in [-0.2, 0) is 14.3 Å². The van der Waals surface area contributed by atoms with Crippen LogP contribution in [0.25, 0.3) is 0 Å². The Labute approximate surface area is 223 Å². The van der Waals surface area contributed by atoms with Crippen molar-refractivity contribution < 1.29 is 24.5 Å². The fraction of sp³-hybridized carbons (Fsp3) is 0.724. The standard InChI is InChI=1S/C29H49N3O5/c1-8-19(2)27(31(5)6)25(37-7)17-26(34)32-16-12-15-24(32)23(18-33)20(3)29(36)30-21(4)28(35)22-13-10-9-11-14-22/h9-11,13-14,19-21,23-25,27-28,33,35H,8,12,15-18H2,1-7H3,(H,30,36)/t19-,20+,21+,23+,24-,25+,27-,28+/m0/s1. The minimum atomic E-state index is -0.837. The van der Waals surface area contributed by atoms with Gasteiger partial charge in [-0.3, -0.25) is 9.59 Å². The van der Waals surface area contributed by atoms with Crippen LogP contribution in [0.1, 0.15) is 65.0 Å². The zero-order valence-electron chi connectivity index (χ0n) is 23.8. The lowest BCUT2D eigenvalue weighted by Gasteiger charge is -2.38. The van der Waals surface area contributed by atoms with Gasteiger partial charge in [-0.25, -0.2) is 0 Å². The number of nitrogens with one attached hydrogen (secondary N) is 1. The fourth-order valence-corrected chi connectivity index (χ4v) is 5.81. The summed E-state index contributed by atoms with van der Waals surface area (Å²) in [4.78, 5) is 30.6. The van der Waals surface area contributed by atoms with E-state index in [4.69, 9.17) is 4.74 Å². The third kappa shape index (κ3) is 7.99. The predicted octanol–water partition coefficient (Wildman–Crippen LogP) is 2.84. The van der Waals surface area contributed by atoms with Crippen LogP contribution in [-0.4, -0.2) is 90.4 Å². The van der Waals surface area contributed by atoms with Gasteiger partial charge in [-0.05, 0) is 45.3 Å². The Morgan fingerprint density at radius 2 is 1.84 bits per heavy atom. The first-order valence-electron chi connectivity index (χ1n) is 13.7. The average Bonchev–Trinajstić information content (AvgIpc) is 3.37. The number of likely N-dealkylation sites (N-methyl/N-ethyl adjacent to an activating group) is 1. The molecule has 1 aromatic rings. The maximum absolute atomic E-state index is 13.5. The van der Waals surface area contributed by atoms with E-state index in [0.29, 0.717) is 12.5 Å². The van der Waals surface area contributed by atoms with E-state index >= 15 is 0 Å². The number of methoxy groups -OCH3 is 1. The number of hydrogen-bond acceptors (Lipinski definition) is 6. The molecule has 8 nitrogen and oxygen atoms in total. The first kappa shape index (κ1) is 31.2. The summed E-state index contributed by atoms with van der Waals surface area (Å²) >= 11 is 0. The van der Waals surface area contributed by atoms with Gasteiger partial charge in [0.25, 0.3) is 0 Å². The van der Waals surface area contributed by atoms with Gasteiger partial charge in [0.2, 0.25) is 11.8 Å². The summed E-state index contributed by atoms with van der Waals surface area (Å²) in [6.07, 6.45) is 1.75. The molecule has 0 bridgehead atoms. The van der Waals surface area contributed by atoms with E-state index in [1.165, 1.54) is 0 Å². The fourth-order valence-electron chi connectivity index (χ4n) is 5.81. The molecule has 0 radical (unpaired) electrons. The number of hydrogen-bond donors (Lipinski definition) is 3. The molecule has 2 amide bonds. The minimum absolute atomic E-state index is 0.00318. The van der Waals surface area contributed by atoms with Crippen LogP contribution in [0.3, 0.4) is 0 Å². The molecule has 8 atom stereocenters.